The maximum Gasteiger partial charge on any atom is 0.226 e. The van der Waals surface area contributed by atoms with Gasteiger partial charge in [0.1, 0.15) is 0 Å². The van der Waals surface area contributed by atoms with E-state index in [2.05, 4.69) is 15.9 Å². The molecular formula is C10H12BrClO. The third-order valence-corrected chi connectivity index (χ3v) is 2.19. The molecule has 3 heteroatoms. The Morgan fingerprint density at radius 2 is 1.92 bits per heavy atom. The first kappa shape index (κ1) is 12.7. The van der Waals surface area contributed by atoms with Crippen molar-refractivity contribution in [1.82, 2.24) is 0 Å². The van der Waals surface area contributed by atoms with Gasteiger partial charge in [0.25, 0.3) is 0 Å². The summed E-state index contributed by atoms with van der Waals surface area (Å²) in [5, 5.41) is -0.336. The van der Waals surface area contributed by atoms with Crippen LogP contribution in [0.25, 0.3) is 0 Å². The van der Waals surface area contributed by atoms with Gasteiger partial charge in [-0.05, 0) is 23.2 Å². The molecule has 13 heavy (non-hydrogen) atoms. The molecule has 1 aromatic rings. The van der Waals surface area contributed by atoms with E-state index in [4.69, 9.17) is 11.6 Å². The Bertz CT molecular complexity index is 273. The molecule has 1 rings (SSSR count). The second kappa shape index (κ2) is 7.10. The average molecular weight is 264 g/mol. The van der Waals surface area contributed by atoms with Crippen LogP contribution in [0.4, 0.5) is 0 Å². The van der Waals surface area contributed by atoms with E-state index in [0.29, 0.717) is 0 Å². The summed E-state index contributed by atoms with van der Waals surface area (Å²) in [5.74, 6) is 0. The van der Waals surface area contributed by atoms with Crippen molar-refractivity contribution in [2.45, 2.75) is 20.3 Å². The number of halogens is 2. The van der Waals surface area contributed by atoms with Gasteiger partial charge in [0, 0.05) is 10.9 Å². The summed E-state index contributed by atoms with van der Waals surface area (Å²) in [6.07, 6.45) is 0.281. The molecule has 0 bridgehead atoms. The Labute approximate surface area is 92.2 Å². The molecule has 0 N–H and O–H groups in total. The van der Waals surface area contributed by atoms with Crippen molar-refractivity contribution in [3.05, 3.63) is 34.3 Å². The van der Waals surface area contributed by atoms with Gasteiger partial charge in [-0.1, -0.05) is 48.0 Å². The zero-order valence-corrected chi connectivity index (χ0v) is 10.0. The van der Waals surface area contributed by atoms with Crippen LogP contribution in [0.1, 0.15) is 19.4 Å². The molecule has 0 radical (unpaired) electrons. The molecular weight excluding hydrogens is 251 g/mol. The molecule has 0 saturated carbocycles. The number of carbonyl (C=O) groups is 1. The summed E-state index contributed by atoms with van der Waals surface area (Å²) in [6, 6.07) is 7.52. The van der Waals surface area contributed by atoms with E-state index in [1.54, 1.807) is 0 Å². The molecule has 0 saturated heterocycles. The topological polar surface area (TPSA) is 17.1 Å². The highest BCUT2D eigenvalue weighted by atomic mass is 79.9. The van der Waals surface area contributed by atoms with Gasteiger partial charge in [0.15, 0.2) is 0 Å². The normalized spacial score (nSPS) is 8.62. The maximum absolute atomic E-state index is 10.5. The van der Waals surface area contributed by atoms with Gasteiger partial charge in [0.2, 0.25) is 5.24 Å². The lowest BCUT2D eigenvalue weighted by atomic mass is 10.2. The molecule has 1 aromatic carbocycles. The first-order valence-electron chi connectivity index (χ1n) is 4.12. The summed E-state index contributed by atoms with van der Waals surface area (Å²) in [6.45, 7) is 4.00. The Kier molecular flexibility index (Phi) is 6.92. The standard InChI is InChI=1S/C8H6BrClO.C2H6/c9-7-4-2-1-3-6(7)5-8(10)11;1-2/h1-4H,5H2;1-2H3. The molecule has 0 aliphatic rings. The van der Waals surface area contributed by atoms with E-state index in [9.17, 15) is 4.79 Å². The fraction of sp³-hybridized carbons (Fsp3) is 0.300. The number of carbonyl (C=O) groups excluding carboxylic acids is 1. The number of rotatable bonds is 2. The molecule has 1 nitrogen and oxygen atoms in total. The van der Waals surface area contributed by atoms with Crippen molar-refractivity contribution in [2.75, 3.05) is 0 Å². The molecule has 0 aliphatic heterocycles. The van der Waals surface area contributed by atoms with E-state index in [-0.39, 0.29) is 11.7 Å². The van der Waals surface area contributed by atoms with Crippen LogP contribution in [0.5, 0.6) is 0 Å². The van der Waals surface area contributed by atoms with Gasteiger partial charge in [0.05, 0.1) is 0 Å². The predicted molar refractivity (Wildman–Crippen MR) is 60.1 cm³/mol. The zero-order valence-electron chi connectivity index (χ0n) is 7.68. The van der Waals surface area contributed by atoms with E-state index in [1.165, 1.54) is 0 Å². The van der Waals surface area contributed by atoms with Crippen molar-refractivity contribution in [3.63, 3.8) is 0 Å². The molecule has 0 aliphatic carbocycles. The van der Waals surface area contributed by atoms with Crippen LogP contribution in [0.15, 0.2) is 28.7 Å². The number of hydrogen-bond acceptors (Lipinski definition) is 1. The third kappa shape index (κ3) is 5.06. The van der Waals surface area contributed by atoms with Gasteiger partial charge in [-0.3, -0.25) is 4.79 Å². The minimum absolute atomic E-state index is 0.281. The minimum atomic E-state index is -0.336. The summed E-state index contributed by atoms with van der Waals surface area (Å²) in [5.41, 5.74) is 0.924. The van der Waals surface area contributed by atoms with Crippen LogP contribution < -0.4 is 0 Å². The van der Waals surface area contributed by atoms with E-state index < -0.39 is 0 Å². The fourth-order valence-electron chi connectivity index (χ4n) is 0.791. The molecule has 0 aromatic heterocycles. The quantitative estimate of drug-likeness (QED) is 0.742. The van der Waals surface area contributed by atoms with Crippen LogP contribution in [-0.4, -0.2) is 5.24 Å². The third-order valence-electron chi connectivity index (χ3n) is 1.29. The predicted octanol–water partition coefficient (Wildman–Crippen LogP) is 3.78. The molecule has 0 unspecified atom stereocenters. The maximum atomic E-state index is 10.5. The highest BCUT2D eigenvalue weighted by molar-refractivity contribution is 9.10. The Morgan fingerprint density at radius 1 is 1.38 bits per heavy atom. The largest absolute Gasteiger partial charge is 0.281 e. The van der Waals surface area contributed by atoms with Crippen LogP contribution in [-0.2, 0) is 11.2 Å². The van der Waals surface area contributed by atoms with Crippen molar-refractivity contribution in [1.29, 1.82) is 0 Å². The first-order valence-corrected chi connectivity index (χ1v) is 5.29. The minimum Gasteiger partial charge on any atom is -0.281 e. The monoisotopic (exact) mass is 262 g/mol. The van der Waals surface area contributed by atoms with Crippen LogP contribution in [0.2, 0.25) is 0 Å². The first-order chi connectivity index (χ1) is 6.20. The van der Waals surface area contributed by atoms with Crippen molar-refractivity contribution >= 4 is 32.8 Å². The van der Waals surface area contributed by atoms with Gasteiger partial charge in [-0.2, -0.15) is 0 Å². The van der Waals surface area contributed by atoms with Crippen molar-refractivity contribution in [3.8, 4) is 0 Å². The summed E-state index contributed by atoms with van der Waals surface area (Å²) < 4.78 is 0.925. The molecule has 0 heterocycles. The Morgan fingerprint density at radius 3 is 2.38 bits per heavy atom. The second-order valence-corrected chi connectivity index (χ2v) is 3.40. The molecule has 0 fully saturated rings. The summed E-state index contributed by atoms with van der Waals surface area (Å²) in [7, 11) is 0. The SMILES string of the molecule is CC.O=C(Cl)Cc1ccccc1Br. The molecule has 72 valence electrons. The van der Waals surface area contributed by atoms with E-state index >= 15 is 0 Å². The summed E-state index contributed by atoms with van der Waals surface area (Å²) in [4.78, 5) is 10.5. The highest BCUT2D eigenvalue weighted by Crippen LogP contribution is 2.16. The lowest BCUT2D eigenvalue weighted by Gasteiger charge is -1.98. The van der Waals surface area contributed by atoms with Gasteiger partial charge < -0.3 is 0 Å². The molecule has 0 amide bonds. The van der Waals surface area contributed by atoms with Crippen LogP contribution in [0.3, 0.4) is 0 Å². The van der Waals surface area contributed by atoms with Crippen LogP contribution >= 0.6 is 27.5 Å². The van der Waals surface area contributed by atoms with E-state index in [0.717, 1.165) is 10.0 Å². The van der Waals surface area contributed by atoms with Crippen molar-refractivity contribution < 1.29 is 4.79 Å². The number of benzene rings is 1. The zero-order chi connectivity index (χ0) is 10.3. The average Bonchev–Trinajstić information content (AvgIpc) is 2.12. The van der Waals surface area contributed by atoms with Gasteiger partial charge >= 0.3 is 0 Å². The number of hydrogen-bond donors (Lipinski definition) is 0. The lowest BCUT2D eigenvalue weighted by Crippen LogP contribution is -1.93. The van der Waals surface area contributed by atoms with Crippen molar-refractivity contribution in [2.24, 2.45) is 0 Å². The molecule has 0 spiro atoms. The fourth-order valence-corrected chi connectivity index (χ4v) is 1.36. The Hall–Kier alpha value is -0.340. The lowest BCUT2D eigenvalue weighted by molar-refractivity contribution is -0.111. The molecule has 0 atom stereocenters. The van der Waals surface area contributed by atoms with E-state index in [1.807, 2.05) is 38.1 Å². The highest BCUT2D eigenvalue weighted by Gasteiger charge is 2.01. The summed E-state index contributed by atoms with van der Waals surface area (Å²) >= 11 is 8.54. The van der Waals surface area contributed by atoms with Gasteiger partial charge in [-0.25, -0.2) is 0 Å². The van der Waals surface area contributed by atoms with Gasteiger partial charge in [-0.15, -0.1) is 0 Å². The Balaban J connectivity index is 0.000000671. The van der Waals surface area contributed by atoms with Crippen LogP contribution in [0, 0.1) is 0 Å². The second-order valence-electron chi connectivity index (χ2n) is 2.12. The smallest absolute Gasteiger partial charge is 0.226 e.